The third-order valence-electron chi connectivity index (χ3n) is 5.37. The van der Waals surface area contributed by atoms with Gasteiger partial charge in [0, 0.05) is 24.5 Å². The van der Waals surface area contributed by atoms with Crippen molar-refractivity contribution in [2.24, 2.45) is 0 Å². The number of para-hydroxylation sites is 1. The molecule has 1 atom stereocenters. The van der Waals surface area contributed by atoms with E-state index >= 15 is 0 Å². The molecule has 3 heterocycles. The maximum atomic E-state index is 4.85. The average Bonchev–Trinajstić information content (AvgIpc) is 3.11. The number of anilines is 1. The van der Waals surface area contributed by atoms with Gasteiger partial charge in [0.15, 0.2) is 5.65 Å². The van der Waals surface area contributed by atoms with Crippen LogP contribution in [0.2, 0.25) is 0 Å². The highest BCUT2D eigenvalue weighted by atomic mass is 15.4. The molecule has 4 aromatic rings. The van der Waals surface area contributed by atoms with Gasteiger partial charge in [0.25, 0.3) is 0 Å². The Morgan fingerprint density at radius 3 is 2.75 bits per heavy atom. The summed E-state index contributed by atoms with van der Waals surface area (Å²) in [5.74, 6) is 1.54. The Bertz CT molecular complexity index is 1100. The molecule has 1 unspecified atom stereocenters. The van der Waals surface area contributed by atoms with E-state index in [0.717, 1.165) is 54.4 Å². The number of nitrogens with zero attached hydrogens (tertiary/aromatic N) is 5. The summed E-state index contributed by atoms with van der Waals surface area (Å²) in [7, 11) is 0. The van der Waals surface area contributed by atoms with Crippen LogP contribution in [0.3, 0.4) is 0 Å². The molecule has 0 spiro atoms. The summed E-state index contributed by atoms with van der Waals surface area (Å²) < 4.78 is 1.85. The number of fused-ring (bicyclic) bond motifs is 3. The molecule has 5 rings (SSSR count). The number of aryl methyl sites for hydroxylation is 1. The molecule has 142 valence electrons. The molecule has 0 bridgehead atoms. The fourth-order valence-corrected chi connectivity index (χ4v) is 4.09. The van der Waals surface area contributed by atoms with Crippen LogP contribution in [0.15, 0.2) is 54.6 Å². The first-order valence-corrected chi connectivity index (χ1v) is 9.91. The molecule has 0 amide bonds. The lowest BCUT2D eigenvalue weighted by molar-refractivity contribution is 0.208. The van der Waals surface area contributed by atoms with Crippen LogP contribution in [0.1, 0.15) is 24.2 Å². The number of hydrogen-bond donors (Lipinski definition) is 1. The minimum atomic E-state index is 0.346. The number of benzene rings is 2. The molecule has 0 radical (unpaired) electrons. The predicted octanol–water partition coefficient (Wildman–Crippen LogP) is 3.66. The second-order valence-electron chi connectivity index (χ2n) is 7.55. The van der Waals surface area contributed by atoms with Crippen LogP contribution in [-0.4, -0.2) is 43.6 Å². The zero-order valence-corrected chi connectivity index (χ0v) is 16.0. The smallest absolute Gasteiger partial charge is 0.226 e. The Hall–Kier alpha value is -2.99. The Morgan fingerprint density at radius 2 is 1.86 bits per heavy atom. The molecule has 2 aromatic heterocycles. The van der Waals surface area contributed by atoms with Crippen molar-refractivity contribution in [1.29, 1.82) is 0 Å². The Kier molecular flexibility index (Phi) is 4.41. The maximum Gasteiger partial charge on any atom is 0.226 e. The largest absolute Gasteiger partial charge is 0.350 e. The summed E-state index contributed by atoms with van der Waals surface area (Å²) in [6.07, 6.45) is 2.31. The molecule has 1 aliphatic rings. The van der Waals surface area contributed by atoms with E-state index in [1.807, 2.05) is 29.6 Å². The Labute approximate surface area is 164 Å². The molecule has 1 aliphatic heterocycles. The number of likely N-dealkylation sites (tertiary alicyclic amines) is 1. The van der Waals surface area contributed by atoms with Gasteiger partial charge in [-0.3, -0.25) is 4.90 Å². The summed E-state index contributed by atoms with van der Waals surface area (Å²) in [5, 5.41) is 9.27. The predicted molar refractivity (Wildman–Crippen MR) is 111 cm³/mol. The monoisotopic (exact) mass is 372 g/mol. The van der Waals surface area contributed by atoms with E-state index in [-0.39, 0.29) is 0 Å². The third kappa shape index (κ3) is 3.31. The minimum Gasteiger partial charge on any atom is -0.350 e. The topological polar surface area (TPSA) is 58.4 Å². The molecule has 1 saturated heterocycles. The zero-order chi connectivity index (χ0) is 18.9. The van der Waals surface area contributed by atoms with Crippen LogP contribution in [-0.2, 0) is 6.54 Å². The minimum absolute atomic E-state index is 0.346. The fourth-order valence-electron chi connectivity index (χ4n) is 4.09. The number of aromatic nitrogens is 4. The van der Waals surface area contributed by atoms with Crippen LogP contribution in [0.5, 0.6) is 0 Å². The highest BCUT2D eigenvalue weighted by Gasteiger charge is 2.22. The average molecular weight is 372 g/mol. The van der Waals surface area contributed by atoms with Crippen LogP contribution in [0, 0.1) is 6.92 Å². The first kappa shape index (κ1) is 17.1. The quantitative estimate of drug-likeness (QED) is 0.592. The summed E-state index contributed by atoms with van der Waals surface area (Å²) in [6, 6.07) is 19.2. The van der Waals surface area contributed by atoms with Crippen molar-refractivity contribution in [3.8, 4) is 0 Å². The van der Waals surface area contributed by atoms with Gasteiger partial charge < -0.3 is 5.32 Å². The van der Waals surface area contributed by atoms with E-state index in [9.17, 15) is 0 Å². The third-order valence-corrected chi connectivity index (χ3v) is 5.37. The molecule has 28 heavy (non-hydrogen) atoms. The molecular formula is C22H24N6. The second-order valence-corrected chi connectivity index (χ2v) is 7.55. The van der Waals surface area contributed by atoms with Crippen molar-refractivity contribution in [2.75, 3.05) is 18.4 Å². The maximum absolute atomic E-state index is 4.85. The first-order chi connectivity index (χ1) is 13.8. The van der Waals surface area contributed by atoms with Gasteiger partial charge in [-0.25, -0.2) is 9.97 Å². The first-order valence-electron chi connectivity index (χ1n) is 9.91. The van der Waals surface area contributed by atoms with E-state index in [4.69, 9.17) is 4.98 Å². The van der Waals surface area contributed by atoms with Crippen LogP contribution >= 0.6 is 0 Å². The molecule has 1 N–H and O–H groups in total. The molecule has 2 aromatic carbocycles. The van der Waals surface area contributed by atoms with E-state index in [1.165, 1.54) is 12.0 Å². The van der Waals surface area contributed by atoms with Crippen LogP contribution in [0.25, 0.3) is 16.6 Å². The van der Waals surface area contributed by atoms with Crippen molar-refractivity contribution in [3.63, 3.8) is 0 Å². The van der Waals surface area contributed by atoms with Crippen LogP contribution in [0.4, 0.5) is 5.95 Å². The van der Waals surface area contributed by atoms with E-state index in [0.29, 0.717) is 6.04 Å². The van der Waals surface area contributed by atoms with Crippen molar-refractivity contribution in [2.45, 2.75) is 32.4 Å². The molecule has 0 aliphatic carbocycles. The number of rotatable bonds is 4. The standard InChI is InChI=1S/C22H24N6/c1-16-23-21-19-11-5-6-12-20(19)25-22(28(21)26-16)24-18-10-7-13-27(15-18)14-17-8-3-2-4-9-17/h2-6,8-9,11-12,18H,7,10,13-15H2,1H3,(H,24,25). The SMILES string of the molecule is Cc1nc2c3ccccc3nc(NC3CCCN(Cc4ccccc4)C3)n2n1. The lowest BCUT2D eigenvalue weighted by atomic mass is 10.0. The normalized spacial score (nSPS) is 18.0. The number of hydrogen-bond acceptors (Lipinski definition) is 5. The summed E-state index contributed by atoms with van der Waals surface area (Å²) in [6.45, 7) is 5.05. The Morgan fingerprint density at radius 1 is 1.04 bits per heavy atom. The van der Waals surface area contributed by atoms with Gasteiger partial charge in [-0.2, -0.15) is 4.52 Å². The molecule has 6 nitrogen and oxygen atoms in total. The molecular weight excluding hydrogens is 348 g/mol. The lowest BCUT2D eigenvalue weighted by Crippen LogP contribution is -2.42. The van der Waals surface area contributed by atoms with Gasteiger partial charge in [0.05, 0.1) is 5.52 Å². The van der Waals surface area contributed by atoms with Crippen molar-refractivity contribution < 1.29 is 0 Å². The van der Waals surface area contributed by atoms with Gasteiger partial charge in [0.1, 0.15) is 5.82 Å². The number of nitrogens with one attached hydrogen (secondary N) is 1. The summed E-state index contributed by atoms with van der Waals surface area (Å²) in [4.78, 5) is 12.0. The highest BCUT2D eigenvalue weighted by molar-refractivity contribution is 5.92. The van der Waals surface area contributed by atoms with E-state index in [1.54, 1.807) is 0 Å². The summed E-state index contributed by atoms with van der Waals surface area (Å²) in [5.41, 5.74) is 3.17. The fraction of sp³-hybridized carbons (Fsp3) is 0.318. The van der Waals surface area contributed by atoms with Gasteiger partial charge in [0.2, 0.25) is 5.95 Å². The molecule has 0 saturated carbocycles. The van der Waals surface area contributed by atoms with Gasteiger partial charge in [-0.1, -0.05) is 42.5 Å². The molecule has 6 heteroatoms. The van der Waals surface area contributed by atoms with Crippen molar-refractivity contribution in [1.82, 2.24) is 24.5 Å². The van der Waals surface area contributed by atoms with Gasteiger partial charge in [-0.15, -0.1) is 5.10 Å². The van der Waals surface area contributed by atoms with E-state index < -0.39 is 0 Å². The molecule has 1 fully saturated rings. The zero-order valence-electron chi connectivity index (χ0n) is 16.0. The van der Waals surface area contributed by atoms with Crippen molar-refractivity contribution >= 4 is 22.5 Å². The number of piperidine rings is 1. The summed E-state index contributed by atoms with van der Waals surface area (Å²) >= 11 is 0. The van der Waals surface area contributed by atoms with Crippen LogP contribution < -0.4 is 5.32 Å². The second kappa shape index (κ2) is 7.20. The Balaban J connectivity index is 1.41. The highest BCUT2D eigenvalue weighted by Crippen LogP contribution is 2.22. The van der Waals surface area contributed by atoms with Gasteiger partial charge in [-0.05, 0) is 44.0 Å². The van der Waals surface area contributed by atoms with Gasteiger partial charge >= 0.3 is 0 Å². The lowest BCUT2D eigenvalue weighted by Gasteiger charge is -2.33. The van der Waals surface area contributed by atoms with E-state index in [2.05, 4.69) is 56.7 Å². The van der Waals surface area contributed by atoms with Crippen molar-refractivity contribution in [3.05, 3.63) is 66.0 Å².